The summed E-state index contributed by atoms with van der Waals surface area (Å²) in [6, 6.07) is 27.9. The SMILES string of the molecule is COc1ccc(C(=O)Cc2ccccc2OC)c(OC)c1.COc1cccc(C)c1.COc1ccccc1CC(=O)Cl. The number of hydrogen-bond donors (Lipinski definition) is 0. The number of aryl methyl sites for hydroxylation is 1. The molecule has 8 heteroatoms. The van der Waals surface area contributed by atoms with Crippen molar-refractivity contribution in [1.82, 2.24) is 0 Å². The van der Waals surface area contributed by atoms with Gasteiger partial charge in [-0.1, -0.05) is 48.5 Å². The summed E-state index contributed by atoms with van der Waals surface area (Å²) >= 11 is 5.25. The molecule has 0 heterocycles. The van der Waals surface area contributed by atoms with Crippen LogP contribution in [0.15, 0.2) is 91.0 Å². The van der Waals surface area contributed by atoms with Crippen LogP contribution in [0.25, 0.3) is 0 Å². The number of carbonyl (C=O) groups is 2. The molecule has 0 aromatic heterocycles. The molecule has 0 fully saturated rings. The number of methoxy groups -OCH3 is 5. The second kappa shape index (κ2) is 18.0. The molecule has 0 saturated carbocycles. The molecule has 0 aliphatic heterocycles. The van der Waals surface area contributed by atoms with E-state index >= 15 is 0 Å². The highest BCUT2D eigenvalue weighted by molar-refractivity contribution is 6.63. The van der Waals surface area contributed by atoms with Gasteiger partial charge in [-0.15, -0.1) is 0 Å². The Bertz CT molecular complexity index is 1440. The minimum atomic E-state index is -0.375. The smallest absolute Gasteiger partial charge is 0.226 e. The number of ether oxygens (including phenoxy) is 5. The number of benzene rings is 4. The topological polar surface area (TPSA) is 80.3 Å². The second-order valence-electron chi connectivity index (χ2n) is 8.84. The highest BCUT2D eigenvalue weighted by atomic mass is 35.5. The van der Waals surface area contributed by atoms with Gasteiger partial charge in [-0.05, 0) is 60.5 Å². The molecule has 0 amide bonds. The van der Waals surface area contributed by atoms with Crippen molar-refractivity contribution in [2.45, 2.75) is 19.8 Å². The van der Waals surface area contributed by atoms with Gasteiger partial charge in [0.25, 0.3) is 0 Å². The van der Waals surface area contributed by atoms with E-state index in [1.807, 2.05) is 73.7 Å². The number of halogens is 1. The molecule has 0 unspecified atom stereocenters. The highest BCUT2D eigenvalue weighted by Crippen LogP contribution is 2.27. The monoisotopic (exact) mass is 592 g/mol. The minimum absolute atomic E-state index is 0.0287. The predicted molar refractivity (Wildman–Crippen MR) is 166 cm³/mol. The van der Waals surface area contributed by atoms with Crippen molar-refractivity contribution in [3.05, 3.63) is 113 Å². The fourth-order valence-corrected chi connectivity index (χ4v) is 4.03. The van der Waals surface area contributed by atoms with E-state index in [1.54, 1.807) is 52.7 Å². The van der Waals surface area contributed by atoms with E-state index in [0.717, 1.165) is 16.9 Å². The Hall–Kier alpha value is -4.49. The van der Waals surface area contributed by atoms with Gasteiger partial charge >= 0.3 is 0 Å². The average molecular weight is 593 g/mol. The fourth-order valence-electron chi connectivity index (χ4n) is 3.89. The van der Waals surface area contributed by atoms with Crippen LogP contribution in [0.5, 0.6) is 28.7 Å². The number of carbonyl (C=O) groups excluding carboxylic acids is 2. The maximum absolute atomic E-state index is 12.5. The molecule has 222 valence electrons. The first-order valence-electron chi connectivity index (χ1n) is 13.0. The van der Waals surface area contributed by atoms with Crippen LogP contribution in [-0.4, -0.2) is 46.6 Å². The largest absolute Gasteiger partial charge is 0.497 e. The van der Waals surface area contributed by atoms with Gasteiger partial charge in [0.05, 0.1) is 47.5 Å². The maximum atomic E-state index is 12.5. The summed E-state index contributed by atoms with van der Waals surface area (Å²) in [6.07, 6.45) is 0.471. The van der Waals surface area contributed by atoms with E-state index in [0.29, 0.717) is 28.6 Å². The lowest BCUT2D eigenvalue weighted by atomic mass is 10.0. The molecular weight excluding hydrogens is 556 g/mol. The summed E-state index contributed by atoms with van der Waals surface area (Å²) in [5, 5.41) is -0.375. The molecule has 0 radical (unpaired) electrons. The minimum Gasteiger partial charge on any atom is -0.497 e. The van der Waals surface area contributed by atoms with Crippen molar-refractivity contribution >= 4 is 22.6 Å². The van der Waals surface area contributed by atoms with Crippen LogP contribution in [0, 0.1) is 6.92 Å². The zero-order valence-corrected chi connectivity index (χ0v) is 25.6. The molecule has 0 aliphatic rings. The molecule has 4 aromatic carbocycles. The molecule has 0 atom stereocenters. The fraction of sp³-hybridized carbons (Fsp3) is 0.235. The molecule has 4 aromatic rings. The molecule has 4 rings (SSSR count). The Labute approximate surface area is 252 Å². The van der Waals surface area contributed by atoms with Crippen molar-refractivity contribution < 1.29 is 33.3 Å². The zero-order chi connectivity index (χ0) is 30.9. The quantitative estimate of drug-likeness (QED) is 0.143. The lowest BCUT2D eigenvalue weighted by Crippen LogP contribution is -2.07. The molecular formula is C34H37ClO7. The first-order valence-corrected chi connectivity index (χ1v) is 13.4. The normalized spacial score (nSPS) is 9.69. The van der Waals surface area contributed by atoms with Crippen molar-refractivity contribution in [3.63, 3.8) is 0 Å². The molecule has 7 nitrogen and oxygen atoms in total. The van der Waals surface area contributed by atoms with Crippen LogP contribution in [-0.2, 0) is 17.6 Å². The Morgan fingerprint density at radius 2 is 1.10 bits per heavy atom. The van der Waals surface area contributed by atoms with Crippen molar-refractivity contribution in [3.8, 4) is 28.7 Å². The van der Waals surface area contributed by atoms with Crippen molar-refractivity contribution in [2.75, 3.05) is 35.5 Å². The molecule has 0 aliphatic carbocycles. The van der Waals surface area contributed by atoms with E-state index < -0.39 is 0 Å². The summed E-state index contributed by atoms with van der Waals surface area (Å²) < 4.78 is 25.7. The Balaban J connectivity index is 0.000000247. The van der Waals surface area contributed by atoms with Crippen molar-refractivity contribution in [1.29, 1.82) is 0 Å². The highest BCUT2D eigenvalue weighted by Gasteiger charge is 2.15. The van der Waals surface area contributed by atoms with E-state index in [1.165, 1.54) is 12.7 Å². The third-order valence-corrected chi connectivity index (χ3v) is 6.13. The Morgan fingerprint density at radius 1 is 0.571 bits per heavy atom. The Kier molecular flexibility index (Phi) is 14.5. The first kappa shape index (κ1) is 33.7. The first-order chi connectivity index (χ1) is 20.3. The average Bonchev–Trinajstić information content (AvgIpc) is 3.01. The van der Waals surface area contributed by atoms with Crippen LogP contribution in [0.1, 0.15) is 27.0 Å². The van der Waals surface area contributed by atoms with Gasteiger partial charge < -0.3 is 23.7 Å². The maximum Gasteiger partial charge on any atom is 0.226 e. The third kappa shape index (κ3) is 10.8. The molecule has 0 N–H and O–H groups in total. The van der Waals surface area contributed by atoms with Gasteiger partial charge in [0.15, 0.2) is 5.78 Å². The van der Waals surface area contributed by atoms with Gasteiger partial charge in [-0.25, -0.2) is 0 Å². The predicted octanol–water partition coefficient (Wildman–Crippen LogP) is 7.14. The zero-order valence-electron chi connectivity index (χ0n) is 24.8. The van der Waals surface area contributed by atoms with Gasteiger partial charge in [0.1, 0.15) is 28.7 Å². The van der Waals surface area contributed by atoms with Crippen molar-refractivity contribution in [2.24, 2.45) is 0 Å². The van der Waals surface area contributed by atoms with Gasteiger partial charge in [-0.3, -0.25) is 9.59 Å². The van der Waals surface area contributed by atoms with E-state index in [4.69, 9.17) is 35.3 Å². The van der Waals surface area contributed by atoms with Crippen LogP contribution >= 0.6 is 11.6 Å². The molecule has 42 heavy (non-hydrogen) atoms. The van der Waals surface area contributed by atoms with Gasteiger partial charge in [-0.2, -0.15) is 0 Å². The summed E-state index contributed by atoms with van der Waals surface area (Å²) in [5.41, 5.74) is 3.43. The summed E-state index contributed by atoms with van der Waals surface area (Å²) in [7, 11) is 7.95. The van der Waals surface area contributed by atoms with E-state index in [-0.39, 0.29) is 23.9 Å². The van der Waals surface area contributed by atoms with Crippen LogP contribution in [0.4, 0.5) is 0 Å². The molecule has 0 bridgehead atoms. The lowest BCUT2D eigenvalue weighted by Gasteiger charge is -2.11. The number of ketones is 1. The third-order valence-electron chi connectivity index (χ3n) is 6.00. The van der Waals surface area contributed by atoms with Gasteiger partial charge in [0, 0.05) is 23.6 Å². The number of para-hydroxylation sites is 2. The Morgan fingerprint density at radius 3 is 1.57 bits per heavy atom. The summed E-state index contributed by atoms with van der Waals surface area (Å²) in [5.74, 6) is 3.47. The second-order valence-corrected chi connectivity index (χ2v) is 9.26. The van der Waals surface area contributed by atoms with Crippen LogP contribution in [0.3, 0.4) is 0 Å². The lowest BCUT2D eigenvalue weighted by molar-refractivity contribution is -0.111. The number of rotatable bonds is 10. The standard InChI is InChI=1S/C17H18O4.C9H9ClO2.C8H10O/c1-19-13-8-9-14(17(11-13)21-3)15(18)10-12-6-4-5-7-16(12)20-2;1-12-8-5-3-2-4-7(8)6-9(10)11;1-7-4-3-5-8(6-7)9-2/h4-9,11H,10H2,1-3H3;2-5H,6H2,1H3;3-6H,1-2H3. The van der Waals surface area contributed by atoms with Gasteiger partial charge in [0.2, 0.25) is 5.24 Å². The molecule has 0 spiro atoms. The summed E-state index contributed by atoms with van der Waals surface area (Å²) in [4.78, 5) is 23.1. The number of Topliss-reactive ketones (excluding diaryl/α,β-unsaturated/α-hetero) is 1. The van der Waals surface area contributed by atoms with Crippen LogP contribution in [0.2, 0.25) is 0 Å². The van der Waals surface area contributed by atoms with E-state index in [9.17, 15) is 9.59 Å². The number of hydrogen-bond acceptors (Lipinski definition) is 7. The van der Waals surface area contributed by atoms with Crippen LogP contribution < -0.4 is 23.7 Å². The van der Waals surface area contributed by atoms with E-state index in [2.05, 4.69) is 0 Å². The summed E-state index contributed by atoms with van der Waals surface area (Å²) in [6.45, 7) is 2.04. The molecule has 0 saturated heterocycles.